The number of carbonyl (C=O) groups excluding carboxylic acids is 2. The molecule has 1 aromatic carbocycles. The quantitative estimate of drug-likeness (QED) is 0.508. The molecule has 2 N–H and O–H groups in total. The smallest absolute Gasteiger partial charge is 0.355 e. The Kier molecular flexibility index (Phi) is 6.92. The van der Waals surface area contributed by atoms with Crippen LogP contribution in [0.2, 0.25) is 0 Å². The minimum atomic E-state index is -4.88. The molecule has 1 heterocycles. The van der Waals surface area contributed by atoms with Crippen molar-refractivity contribution in [2.45, 2.75) is 25.4 Å². The third-order valence-corrected chi connectivity index (χ3v) is 5.40. The summed E-state index contributed by atoms with van der Waals surface area (Å²) < 4.78 is 54.6. The molecular weight excluding hydrogens is 462 g/mol. The maximum atomic E-state index is 14.3. The molecule has 7 nitrogen and oxygen atoms in total. The minimum Gasteiger partial charge on any atom is -0.355 e. The summed E-state index contributed by atoms with van der Waals surface area (Å²) in [5.41, 5.74) is -2.57. The number of nitriles is 1. The second-order valence-electron chi connectivity index (χ2n) is 7.20. The zero-order chi connectivity index (χ0) is 24.3. The lowest BCUT2D eigenvalue weighted by molar-refractivity contribution is -0.138. The number of pyridine rings is 1. The number of nitrogens with zero attached hydrogens (tertiary/aromatic N) is 3. The summed E-state index contributed by atoms with van der Waals surface area (Å²) in [5, 5.41) is 13.6. The van der Waals surface area contributed by atoms with Crippen molar-refractivity contribution in [2.75, 3.05) is 17.3 Å². The monoisotopic (exact) mass is 479 g/mol. The first-order chi connectivity index (χ1) is 15.6. The Labute approximate surface area is 191 Å². The molecule has 1 aliphatic rings. The number of halogens is 4. The first-order valence-electron chi connectivity index (χ1n) is 9.70. The first kappa shape index (κ1) is 24.1. The first-order valence-corrected chi connectivity index (χ1v) is 10.1. The van der Waals surface area contributed by atoms with Crippen LogP contribution in [0.3, 0.4) is 0 Å². The van der Waals surface area contributed by atoms with Crippen LogP contribution in [-0.4, -0.2) is 29.0 Å². The van der Waals surface area contributed by atoms with Crippen molar-refractivity contribution in [3.8, 4) is 6.07 Å². The molecule has 0 spiro atoms. The van der Waals surface area contributed by atoms with Crippen LogP contribution < -0.4 is 15.5 Å². The van der Waals surface area contributed by atoms with Gasteiger partial charge in [-0.3, -0.25) is 14.5 Å². The molecule has 0 atom stereocenters. The third kappa shape index (κ3) is 5.09. The van der Waals surface area contributed by atoms with E-state index in [4.69, 9.17) is 17.5 Å². The number of rotatable bonds is 4. The third-order valence-electron chi connectivity index (χ3n) is 5.11. The predicted octanol–water partition coefficient (Wildman–Crippen LogP) is 4.00. The lowest BCUT2D eigenvalue weighted by atomic mass is 9.84. The van der Waals surface area contributed by atoms with Crippen LogP contribution in [0.5, 0.6) is 0 Å². The average Bonchev–Trinajstić information content (AvgIpc) is 2.71. The van der Waals surface area contributed by atoms with E-state index >= 15 is 0 Å². The molecule has 12 heteroatoms. The van der Waals surface area contributed by atoms with Crippen molar-refractivity contribution < 1.29 is 27.2 Å². The van der Waals surface area contributed by atoms with Gasteiger partial charge in [-0.2, -0.15) is 18.4 Å². The van der Waals surface area contributed by atoms with E-state index in [0.29, 0.717) is 18.9 Å². The van der Waals surface area contributed by atoms with Crippen LogP contribution in [0.1, 0.15) is 40.9 Å². The molecule has 1 saturated carbocycles. The van der Waals surface area contributed by atoms with Crippen LogP contribution in [0, 0.1) is 23.1 Å². The molecule has 3 rings (SSSR count). The highest BCUT2D eigenvalue weighted by Gasteiger charge is 2.37. The molecule has 33 heavy (non-hydrogen) atoms. The number of aromatic nitrogens is 1. The lowest BCUT2D eigenvalue weighted by Crippen LogP contribution is -2.45. The Bertz CT molecular complexity index is 1160. The van der Waals surface area contributed by atoms with E-state index in [1.54, 1.807) is 0 Å². The molecule has 1 aliphatic carbocycles. The summed E-state index contributed by atoms with van der Waals surface area (Å²) in [5.74, 6) is -2.49. The standard InChI is InChI=1S/C21H17F4N5O2S/c1-27-18(31)14-6-5-12(7-16(14)22)29-20(33)30(19(32)11-3-2-4-11)13-8-15(21(23,24)25)17(9-26)28-10-13/h5-8,10-11H,2-4H2,1H3,(H,27,31)(H,29,33). The molecule has 0 radical (unpaired) electrons. The number of nitrogens with one attached hydrogen (secondary N) is 2. The minimum absolute atomic E-state index is 0.0780. The largest absolute Gasteiger partial charge is 0.419 e. The normalized spacial score (nSPS) is 13.5. The van der Waals surface area contributed by atoms with E-state index in [9.17, 15) is 27.2 Å². The van der Waals surface area contributed by atoms with Crippen LogP contribution in [-0.2, 0) is 11.0 Å². The molecule has 2 amide bonds. The van der Waals surface area contributed by atoms with Gasteiger partial charge < -0.3 is 10.6 Å². The lowest BCUT2D eigenvalue weighted by Gasteiger charge is -2.32. The van der Waals surface area contributed by atoms with Gasteiger partial charge in [0, 0.05) is 18.7 Å². The van der Waals surface area contributed by atoms with E-state index in [1.165, 1.54) is 25.2 Å². The van der Waals surface area contributed by atoms with Gasteiger partial charge in [0.05, 0.1) is 23.0 Å². The van der Waals surface area contributed by atoms with Crippen molar-refractivity contribution >= 4 is 40.5 Å². The fraction of sp³-hybridized carbons (Fsp3) is 0.286. The Morgan fingerprint density at radius 2 is 1.97 bits per heavy atom. The maximum absolute atomic E-state index is 14.3. The number of alkyl halides is 3. The van der Waals surface area contributed by atoms with Gasteiger partial charge in [-0.05, 0) is 49.3 Å². The number of thiocarbonyl (C=S) groups is 1. The summed E-state index contributed by atoms with van der Waals surface area (Å²) in [6.45, 7) is 0. The fourth-order valence-corrected chi connectivity index (χ4v) is 3.47. The SMILES string of the molecule is CNC(=O)c1ccc(NC(=S)N(C(=O)C2CCC2)c2cnc(C#N)c(C(F)(F)F)c2)cc1F. The maximum Gasteiger partial charge on any atom is 0.419 e. The number of hydrogen-bond donors (Lipinski definition) is 2. The molecule has 172 valence electrons. The molecule has 0 bridgehead atoms. The average molecular weight is 479 g/mol. The number of carbonyl (C=O) groups is 2. The van der Waals surface area contributed by atoms with Gasteiger partial charge in [-0.15, -0.1) is 0 Å². The van der Waals surface area contributed by atoms with Crippen molar-refractivity contribution in [3.05, 3.63) is 53.1 Å². The van der Waals surface area contributed by atoms with Gasteiger partial charge in [0.25, 0.3) is 5.91 Å². The Balaban J connectivity index is 1.98. The summed E-state index contributed by atoms with van der Waals surface area (Å²) in [6.07, 6.45) is -2.05. The van der Waals surface area contributed by atoms with Gasteiger partial charge in [0.2, 0.25) is 5.91 Å². The van der Waals surface area contributed by atoms with E-state index in [0.717, 1.165) is 23.6 Å². The number of anilines is 2. The van der Waals surface area contributed by atoms with Gasteiger partial charge >= 0.3 is 6.18 Å². The molecule has 0 saturated heterocycles. The van der Waals surface area contributed by atoms with E-state index < -0.39 is 41.0 Å². The Morgan fingerprint density at radius 3 is 2.48 bits per heavy atom. The second kappa shape index (κ2) is 9.50. The molecular formula is C21H17F4N5O2S. The number of hydrogen-bond acceptors (Lipinski definition) is 5. The highest BCUT2D eigenvalue weighted by Crippen LogP contribution is 2.35. The van der Waals surface area contributed by atoms with Crippen molar-refractivity contribution in [3.63, 3.8) is 0 Å². The van der Waals surface area contributed by atoms with E-state index in [1.807, 2.05) is 0 Å². The molecule has 2 aromatic rings. The molecule has 0 unspecified atom stereocenters. The topological polar surface area (TPSA) is 98.1 Å². The van der Waals surface area contributed by atoms with Crippen LogP contribution in [0.25, 0.3) is 0 Å². The second-order valence-corrected chi connectivity index (χ2v) is 7.59. The zero-order valence-electron chi connectivity index (χ0n) is 17.2. The van der Waals surface area contributed by atoms with E-state index in [2.05, 4.69) is 15.6 Å². The molecule has 1 aromatic heterocycles. The van der Waals surface area contributed by atoms with Gasteiger partial charge in [0.1, 0.15) is 11.9 Å². The highest BCUT2D eigenvalue weighted by atomic mass is 32.1. The number of amides is 2. The molecule has 0 aliphatic heterocycles. The van der Waals surface area contributed by atoms with Crippen molar-refractivity contribution in [1.29, 1.82) is 5.26 Å². The van der Waals surface area contributed by atoms with Crippen molar-refractivity contribution in [2.24, 2.45) is 5.92 Å². The highest BCUT2D eigenvalue weighted by molar-refractivity contribution is 7.80. The summed E-state index contributed by atoms with van der Waals surface area (Å²) in [7, 11) is 1.34. The summed E-state index contributed by atoms with van der Waals surface area (Å²) in [6, 6.07) is 5.52. The van der Waals surface area contributed by atoms with Crippen LogP contribution in [0.4, 0.5) is 28.9 Å². The van der Waals surface area contributed by atoms with Crippen LogP contribution >= 0.6 is 12.2 Å². The van der Waals surface area contributed by atoms with E-state index in [-0.39, 0.29) is 22.1 Å². The Hall–Kier alpha value is -3.59. The van der Waals surface area contributed by atoms with Crippen LogP contribution in [0.15, 0.2) is 30.5 Å². The summed E-state index contributed by atoms with van der Waals surface area (Å²) in [4.78, 5) is 29.1. The fourth-order valence-electron chi connectivity index (χ4n) is 3.15. The predicted molar refractivity (Wildman–Crippen MR) is 115 cm³/mol. The Morgan fingerprint density at radius 1 is 1.27 bits per heavy atom. The summed E-state index contributed by atoms with van der Waals surface area (Å²) >= 11 is 5.27. The van der Waals surface area contributed by atoms with Gasteiger partial charge in [-0.1, -0.05) is 6.42 Å². The van der Waals surface area contributed by atoms with Crippen molar-refractivity contribution in [1.82, 2.24) is 10.3 Å². The zero-order valence-corrected chi connectivity index (χ0v) is 18.0. The van der Waals surface area contributed by atoms with Gasteiger partial charge in [-0.25, -0.2) is 9.37 Å². The number of benzene rings is 1. The van der Waals surface area contributed by atoms with Gasteiger partial charge in [0.15, 0.2) is 10.8 Å². The molecule has 1 fully saturated rings.